The Labute approximate surface area is 104 Å². The minimum atomic E-state index is 0.409. The molecule has 0 aromatic heterocycles. The predicted octanol–water partition coefficient (Wildman–Crippen LogP) is 4.11. The van der Waals surface area contributed by atoms with Crippen LogP contribution in [0.3, 0.4) is 0 Å². The number of rotatable bonds is 5. The average Bonchev–Trinajstić information content (AvgIpc) is 2.24. The summed E-state index contributed by atoms with van der Waals surface area (Å²) in [5.41, 5.74) is 2.51. The van der Waals surface area contributed by atoms with E-state index in [0.29, 0.717) is 24.0 Å². The van der Waals surface area contributed by atoms with E-state index < -0.39 is 0 Å². The first-order valence-corrected chi connectivity index (χ1v) is 6.75. The van der Waals surface area contributed by atoms with Gasteiger partial charge in [0.15, 0.2) is 0 Å². The third-order valence-corrected chi connectivity index (χ3v) is 3.79. The van der Waals surface area contributed by atoms with Crippen LogP contribution in [0.25, 0.3) is 0 Å². The molecule has 1 aliphatic rings. The van der Waals surface area contributed by atoms with Crippen LogP contribution in [0.5, 0.6) is 0 Å². The van der Waals surface area contributed by atoms with E-state index >= 15 is 0 Å². The van der Waals surface area contributed by atoms with Crippen LogP contribution in [0.2, 0.25) is 0 Å². The van der Waals surface area contributed by atoms with Gasteiger partial charge >= 0.3 is 0 Å². The number of ketones is 1. The molecule has 1 fully saturated rings. The zero-order valence-electron chi connectivity index (χ0n) is 10.9. The lowest BCUT2D eigenvalue weighted by molar-refractivity contribution is -0.119. The maximum atomic E-state index is 11.8. The summed E-state index contributed by atoms with van der Waals surface area (Å²) in [4.78, 5) is 11.8. The van der Waals surface area contributed by atoms with Gasteiger partial charge in [0.2, 0.25) is 0 Å². The monoisotopic (exact) mass is 230 g/mol. The highest BCUT2D eigenvalue weighted by Crippen LogP contribution is 2.29. The van der Waals surface area contributed by atoms with E-state index in [2.05, 4.69) is 38.1 Å². The molecule has 17 heavy (non-hydrogen) atoms. The molecule has 92 valence electrons. The van der Waals surface area contributed by atoms with Gasteiger partial charge in [0, 0.05) is 12.8 Å². The Morgan fingerprint density at radius 3 is 2.35 bits per heavy atom. The first-order chi connectivity index (χ1) is 8.15. The summed E-state index contributed by atoms with van der Waals surface area (Å²) in [5, 5.41) is 0. The summed E-state index contributed by atoms with van der Waals surface area (Å²) in [6.07, 6.45) is 5.26. The molecule has 1 saturated carbocycles. The van der Waals surface area contributed by atoms with Crippen molar-refractivity contribution in [2.45, 2.75) is 51.9 Å². The molecule has 0 heterocycles. The number of hydrogen-bond donors (Lipinski definition) is 0. The summed E-state index contributed by atoms with van der Waals surface area (Å²) in [7, 11) is 0. The normalized spacial score (nSPS) is 15.9. The fourth-order valence-corrected chi connectivity index (χ4v) is 2.34. The van der Waals surface area contributed by atoms with Crippen LogP contribution in [-0.4, -0.2) is 5.78 Å². The highest BCUT2D eigenvalue weighted by molar-refractivity contribution is 5.81. The Kier molecular flexibility index (Phi) is 3.98. The molecule has 0 radical (unpaired) electrons. The van der Waals surface area contributed by atoms with Crippen LogP contribution < -0.4 is 0 Å². The molecule has 1 aromatic carbocycles. The molecule has 1 heteroatoms. The van der Waals surface area contributed by atoms with Crippen molar-refractivity contribution in [3.05, 3.63) is 35.4 Å². The molecule has 0 spiro atoms. The first-order valence-electron chi connectivity index (χ1n) is 6.75. The van der Waals surface area contributed by atoms with Crippen LogP contribution in [0, 0.1) is 5.92 Å². The highest BCUT2D eigenvalue weighted by Gasteiger charge is 2.20. The van der Waals surface area contributed by atoms with Crippen LogP contribution >= 0.6 is 0 Å². The van der Waals surface area contributed by atoms with Gasteiger partial charge in [-0.2, -0.15) is 0 Å². The van der Waals surface area contributed by atoms with Gasteiger partial charge in [0.05, 0.1) is 0 Å². The van der Waals surface area contributed by atoms with Gasteiger partial charge in [-0.3, -0.25) is 4.79 Å². The summed E-state index contributed by atoms with van der Waals surface area (Å²) < 4.78 is 0. The minimum Gasteiger partial charge on any atom is -0.299 e. The van der Waals surface area contributed by atoms with Crippen LogP contribution in [0.1, 0.15) is 56.6 Å². The van der Waals surface area contributed by atoms with Gasteiger partial charge in [0.1, 0.15) is 5.78 Å². The summed E-state index contributed by atoms with van der Waals surface area (Å²) in [6.45, 7) is 4.38. The lowest BCUT2D eigenvalue weighted by Crippen LogP contribution is -2.17. The Morgan fingerprint density at radius 1 is 1.24 bits per heavy atom. The standard InChI is InChI=1S/C16H22O/c1-12(2)15-8-6-14(7-9-15)11-16(17)10-13-4-3-5-13/h6-9,12-13H,3-5,10-11H2,1-2H3. The van der Waals surface area contributed by atoms with Gasteiger partial charge in [0.25, 0.3) is 0 Å². The Balaban J connectivity index is 1.87. The second-order valence-corrected chi connectivity index (χ2v) is 5.61. The van der Waals surface area contributed by atoms with Crippen molar-refractivity contribution in [3.63, 3.8) is 0 Å². The van der Waals surface area contributed by atoms with E-state index in [0.717, 1.165) is 6.42 Å². The highest BCUT2D eigenvalue weighted by atomic mass is 16.1. The number of Topliss-reactive ketones (excluding diaryl/α,β-unsaturated/α-hetero) is 1. The predicted molar refractivity (Wildman–Crippen MR) is 71.2 cm³/mol. The number of hydrogen-bond acceptors (Lipinski definition) is 1. The maximum absolute atomic E-state index is 11.8. The zero-order chi connectivity index (χ0) is 12.3. The third-order valence-electron chi connectivity index (χ3n) is 3.79. The topological polar surface area (TPSA) is 17.1 Å². The smallest absolute Gasteiger partial charge is 0.137 e. The van der Waals surface area contributed by atoms with E-state index in [1.165, 1.54) is 30.4 Å². The van der Waals surface area contributed by atoms with Crippen molar-refractivity contribution in [3.8, 4) is 0 Å². The fraction of sp³-hybridized carbons (Fsp3) is 0.562. The van der Waals surface area contributed by atoms with Gasteiger partial charge in [-0.1, -0.05) is 57.4 Å². The third kappa shape index (κ3) is 3.42. The molecule has 0 bridgehead atoms. The van der Waals surface area contributed by atoms with Gasteiger partial charge < -0.3 is 0 Å². The van der Waals surface area contributed by atoms with E-state index in [-0.39, 0.29) is 0 Å². The number of carbonyl (C=O) groups excluding carboxylic acids is 1. The lowest BCUT2D eigenvalue weighted by atomic mass is 9.81. The average molecular weight is 230 g/mol. The minimum absolute atomic E-state index is 0.409. The van der Waals surface area contributed by atoms with Crippen LogP contribution in [0.15, 0.2) is 24.3 Å². The van der Waals surface area contributed by atoms with E-state index in [4.69, 9.17) is 0 Å². The Hall–Kier alpha value is -1.11. The van der Waals surface area contributed by atoms with Crippen LogP contribution in [0.4, 0.5) is 0 Å². The van der Waals surface area contributed by atoms with Crippen molar-refractivity contribution in [2.75, 3.05) is 0 Å². The molecule has 1 aliphatic carbocycles. The molecule has 0 N–H and O–H groups in total. The molecule has 0 unspecified atom stereocenters. The zero-order valence-corrected chi connectivity index (χ0v) is 10.9. The molecule has 2 rings (SSSR count). The van der Waals surface area contributed by atoms with Crippen molar-refractivity contribution in [1.82, 2.24) is 0 Å². The molecular weight excluding hydrogens is 208 g/mol. The Morgan fingerprint density at radius 2 is 1.88 bits per heavy atom. The quantitative estimate of drug-likeness (QED) is 0.744. The SMILES string of the molecule is CC(C)c1ccc(CC(=O)CC2CCC2)cc1. The molecule has 0 atom stereocenters. The molecule has 0 saturated heterocycles. The number of benzene rings is 1. The first kappa shape index (κ1) is 12.3. The number of carbonyl (C=O) groups is 1. The molecule has 0 aliphatic heterocycles. The molecular formula is C16H22O. The fourth-order valence-electron chi connectivity index (χ4n) is 2.34. The summed E-state index contributed by atoms with van der Waals surface area (Å²) in [6, 6.07) is 8.51. The van der Waals surface area contributed by atoms with E-state index in [1.807, 2.05) is 0 Å². The molecule has 1 aromatic rings. The van der Waals surface area contributed by atoms with E-state index in [1.54, 1.807) is 0 Å². The molecule has 1 nitrogen and oxygen atoms in total. The van der Waals surface area contributed by atoms with Gasteiger partial charge in [-0.25, -0.2) is 0 Å². The summed E-state index contributed by atoms with van der Waals surface area (Å²) >= 11 is 0. The van der Waals surface area contributed by atoms with Crippen molar-refractivity contribution in [1.29, 1.82) is 0 Å². The Bertz CT molecular complexity index is 371. The van der Waals surface area contributed by atoms with Crippen molar-refractivity contribution >= 4 is 5.78 Å². The van der Waals surface area contributed by atoms with Gasteiger partial charge in [-0.15, -0.1) is 0 Å². The van der Waals surface area contributed by atoms with Crippen molar-refractivity contribution < 1.29 is 4.79 Å². The second kappa shape index (κ2) is 5.48. The second-order valence-electron chi connectivity index (χ2n) is 5.61. The van der Waals surface area contributed by atoms with E-state index in [9.17, 15) is 4.79 Å². The maximum Gasteiger partial charge on any atom is 0.137 e. The largest absolute Gasteiger partial charge is 0.299 e. The molecule has 0 amide bonds. The summed E-state index contributed by atoms with van der Waals surface area (Å²) in [5.74, 6) is 1.67. The van der Waals surface area contributed by atoms with Crippen molar-refractivity contribution in [2.24, 2.45) is 5.92 Å². The van der Waals surface area contributed by atoms with Crippen LogP contribution in [-0.2, 0) is 11.2 Å². The van der Waals surface area contributed by atoms with Gasteiger partial charge in [-0.05, 0) is 23.0 Å². The lowest BCUT2D eigenvalue weighted by Gasteiger charge is -2.24.